The highest BCUT2D eigenvalue weighted by Crippen LogP contribution is 2.18. The Kier molecular flexibility index (Phi) is 3.92. The molecule has 3 heterocycles. The van der Waals surface area contributed by atoms with Gasteiger partial charge in [-0.2, -0.15) is 4.98 Å². The second-order valence-electron chi connectivity index (χ2n) is 5.20. The minimum absolute atomic E-state index is 0.203. The van der Waals surface area contributed by atoms with Crippen LogP contribution in [-0.4, -0.2) is 28.8 Å². The molecule has 3 rings (SSSR count). The van der Waals surface area contributed by atoms with Crippen LogP contribution in [0.3, 0.4) is 0 Å². The molecule has 23 heavy (non-hydrogen) atoms. The molecule has 0 saturated carbocycles. The fourth-order valence-corrected chi connectivity index (χ4v) is 2.89. The Morgan fingerprint density at radius 2 is 1.91 bits per heavy atom. The molecule has 0 fully saturated rings. The van der Waals surface area contributed by atoms with E-state index in [1.807, 2.05) is 6.92 Å². The van der Waals surface area contributed by atoms with Gasteiger partial charge in [-0.1, -0.05) is 12.1 Å². The van der Waals surface area contributed by atoms with E-state index in [0.29, 0.717) is 22.1 Å². The Morgan fingerprint density at radius 1 is 1.17 bits per heavy atom. The van der Waals surface area contributed by atoms with Crippen molar-refractivity contribution >= 4 is 27.1 Å². The number of fused-ring (bicyclic) bond motifs is 1. The zero-order chi connectivity index (χ0) is 16.7. The molecule has 122 valence electrons. The lowest BCUT2D eigenvalue weighted by atomic mass is 10.3. The summed E-state index contributed by atoms with van der Waals surface area (Å²) >= 11 is 3.32. The number of aromatic nitrogens is 6. The van der Waals surface area contributed by atoms with Crippen LogP contribution in [0.25, 0.3) is 11.2 Å². The van der Waals surface area contributed by atoms with Gasteiger partial charge in [0.1, 0.15) is 6.54 Å². The number of imidazole rings is 1. The highest BCUT2D eigenvalue weighted by Gasteiger charge is 2.19. The number of halogens is 1. The normalized spacial score (nSPS) is 11.5. The number of hydrogen-bond acceptors (Lipinski definition) is 6. The minimum atomic E-state index is -0.445. The number of aryl methyl sites for hydroxylation is 2. The third-order valence-corrected chi connectivity index (χ3v) is 4.18. The van der Waals surface area contributed by atoms with Gasteiger partial charge in [-0.3, -0.25) is 18.5 Å². The van der Waals surface area contributed by atoms with E-state index in [1.54, 1.807) is 11.6 Å². The molecule has 3 aromatic rings. The van der Waals surface area contributed by atoms with Gasteiger partial charge in [-0.05, 0) is 22.4 Å². The van der Waals surface area contributed by atoms with E-state index in [4.69, 9.17) is 4.52 Å². The molecule has 10 heteroatoms. The first-order chi connectivity index (χ1) is 10.9. The Labute approximate surface area is 138 Å². The molecular formula is C13H15BrN6O3. The summed E-state index contributed by atoms with van der Waals surface area (Å²) in [5.41, 5.74) is -0.261. The van der Waals surface area contributed by atoms with Crippen molar-refractivity contribution in [1.29, 1.82) is 0 Å². The van der Waals surface area contributed by atoms with Crippen LogP contribution >= 0.6 is 15.9 Å². The quantitative estimate of drug-likeness (QED) is 0.611. The second-order valence-corrected chi connectivity index (χ2v) is 5.91. The molecule has 0 N–H and O–H groups in total. The first-order valence-electron chi connectivity index (χ1n) is 7.07. The van der Waals surface area contributed by atoms with Crippen molar-refractivity contribution in [2.24, 2.45) is 14.1 Å². The first-order valence-corrected chi connectivity index (χ1v) is 7.86. The van der Waals surface area contributed by atoms with E-state index < -0.39 is 11.2 Å². The van der Waals surface area contributed by atoms with Gasteiger partial charge in [0, 0.05) is 20.5 Å². The summed E-state index contributed by atoms with van der Waals surface area (Å²) in [6.45, 7) is 2.25. The predicted molar refractivity (Wildman–Crippen MR) is 85.3 cm³/mol. The molecule has 0 bridgehead atoms. The molecule has 0 atom stereocenters. The van der Waals surface area contributed by atoms with Crippen LogP contribution in [-0.2, 0) is 27.1 Å². The molecule has 0 aliphatic heterocycles. The monoisotopic (exact) mass is 382 g/mol. The molecule has 0 unspecified atom stereocenters. The molecule has 0 radical (unpaired) electrons. The predicted octanol–water partition coefficient (Wildman–Crippen LogP) is 0.580. The topological polar surface area (TPSA) is 101 Å². The molecule has 0 spiro atoms. The van der Waals surface area contributed by atoms with Crippen LogP contribution in [0.2, 0.25) is 0 Å². The Morgan fingerprint density at radius 3 is 2.61 bits per heavy atom. The van der Waals surface area contributed by atoms with Gasteiger partial charge < -0.3 is 4.52 Å². The molecule has 0 aromatic carbocycles. The molecule has 3 aromatic heterocycles. The molecule has 0 aliphatic carbocycles. The number of rotatable bonds is 4. The first kappa shape index (κ1) is 15.7. The van der Waals surface area contributed by atoms with Gasteiger partial charge in [-0.15, -0.1) is 0 Å². The van der Waals surface area contributed by atoms with Gasteiger partial charge in [0.05, 0.1) is 0 Å². The van der Waals surface area contributed by atoms with Gasteiger partial charge in [-0.25, -0.2) is 9.78 Å². The van der Waals surface area contributed by atoms with Crippen molar-refractivity contribution in [1.82, 2.24) is 28.8 Å². The minimum Gasteiger partial charge on any atom is -0.337 e. The highest BCUT2D eigenvalue weighted by molar-refractivity contribution is 9.10. The number of hydrogen-bond donors (Lipinski definition) is 0. The van der Waals surface area contributed by atoms with Gasteiger partial charge in [0.2, 0.25) is 5.89 Å². The molecule has 9 nitrogen and oxygen atoms in total. The summed E-state index contributed by atoms with van der Waals surface area (Å²) in [5.74, 6) is 1.02. The lowest BCUT2D eigenvalue weighted by Crippen LogP contribution is -2.37. The van der Waals surface area contributed by atoms with Crippen LogP contribution in [0.5, 0.6) is 0 Å². The summed E-state index contributed by atoms with van der Waals surface area (Å²) in [7, 11) is 3.01. The summed E-state index contributed by atoms with van der Waals surface area (Å²) < 4.78 is 9.69. The molecular weight excluding hydrogens is 368 g/mol. The van der Waals surface area contributed by atoms with Crippen molar-refractivity contribution in [3.63, 3.8) is 0 Å². The zero-order valence-electron chi connectivity index (χ0n) is 12.9. The summed E-state index contributed by atoms with van der Waals surface area (Å²) in [6.07, 6.45) is 1.65. The fourth-order valence-electron chi connectivity index (χ4n) is 2.42. The summed E-state index contributed by atoms with van der Waals surface area (Å²) in [6, 6.07) is 0. The third kappa shape index (κ3) is 2.52. The van der Waals surface area contributed by atoms with E-state index in [0.717, 1.165) is 17.4 Å². The van der Waals surface area contributed by atoms with Crippen molar-refractivity contribution in [2.75, 3.05) is 0 Å². The smallest absolute Gasteiger partial charge is 0.332 e. The average Bonchev–Trinajstić information content (AvgIpc) is 3.09. The van der Waals surface area contributed by atoms with E-state index in [2.05, 4.69) is 31.1 Å². The van der Waals surface area contributed by atoms with Gasteiger partial charge in [0.15, 0.2) is 21.7 Å². The Hall–Kier alpha value is -2.23. The van der Waals surface area contributed by atoms with E-state index >= 15 is 0 Å². The van der Waals surface area contributed by atoms with Gasteiger partial charge >= 0.3 is 5.69 Å². The van der Waals surface area contributed by atoms with Crippen LogP contribution in [0, 0.1) is 0 Å². The standard InChI is InChI=1S/C13H15BrN6O3/c1-4-5-7-15-8(23-17-7)6-20-10-9(16-12(20)14)11(21)19(3)13(22)18(10)2/h4-6H2,1-3H3. The maximum absolute atomic E-state index is 12.2. The molecule has 0 saturated heterocycles. The maximum Gasteiger partial charge on any atom is 0.332 e. The van der Waals surface area contributed by atoms with Gasteiger partial charge in [0.25, 0.3) is 5.56 Å². The lowest BCUT2D eigenvalue weighted by Gasteiger charge is -2.07. The van der Waals surface area contributed by atoms with Crippen LogP contribution in [0.4, 0.5) is 0 Å². The summed E-state index contributed by atoms with van der Waals surface area (Å²) in [5, 5.41) is 3.90. The van der Waals surface area contributed by atoms with Crippen LogP contribution in [0.1, 0.15) is 25.1 Å². The SMILES string of the molecule is CCCc1noc(Cn2c(Br)nc3c(=O)n(C)c(=O)n(C)c32)n1. The van der Waals surface area contributed by atoms with E-state index in [1.165, 1.54) is 11.6 Å². The molecule has 0 amide bonds. The third-order valence-electron chi connectivity index (χ3n) is 3.57. The number of nitrogens with zero attached hydrogens (tertiary/aromatic N) is 6. The highest BCUT2D eigenvalue weighted by atomic mass is 79.9. The molecule has 0 aliphatic rings. The summed E-state index contributed by atoms with van der Waals surface area (Å²) in [4.78, 5) is 32.8. The zero-order valence-corrected chi connectivity index (χ0v) is 14.5. The fraction of sp³-hybridized carbons (Fsp3) is 0.462. The van der Waals surface area contributed by atoms with Crippen molar-refractivity contribution in [2.45, 2.75) is 26.3 Å². The van der Waals surface area contributed by atoms with Crippen LogP contribution < -0.4 is 11.2 Å². The van der Waals surface area contributed by atoms with E-state index in [-0.39, 0.29) is 12.1 Å². The average molecular weight is 383 g/mol. The lowest BCUT2D eigenvalue weighted by molar-refractivity contribution is 0.366. The Balaban J connectivity index is 2.15. The van der Waals surface area contributed by atoms with E-state index in [9.17, 15) is 9.59 Å². The van der Waals surface area contributed by atoms with Crippen molar-refractivity contribution in [3.8, 4) is 0 Å². The largest absolute Gasteiger partial charge is 0.337 e. The maximum atomic E-state index is 12.2. The van der Waals surface area contributed by atoms with Crippen molar-refractivity contribution in [3.05, 3.63) is 37.3 Å². The van der Waals surface area contributed by atoms with Crippen LogP contribution in [0.15, 0.2) is 18.8 Å². The Bertz CT molecular complexity index is 996. The second kappa shape index (κ2) is 5.76. The van der Waals surface area contributed by atoms with Crippen molar-refractivity contribution < 1.29 is 4.52 Å².